The summed E-state index contributed by atoms with van der Waals surface area (Å²) in [4.78, 5) is 29.4. The number of amides is 2. The SMILES string of the molecule is CCc1cc2c(cc1O)N(C)C(=O)C1Cc3ccccc3CN1C2=O. The molecule has 0 bridgehead atoms. The first kappa shape index (κ1) is 15.7. The molecular formula is C20H20N2O3. The molecule has 2 aromatic rings. The van der Waals surface area contributed by atoms with Gasteiger partial charge in [0, 0.05) is 26.1 Å². The Hall–Kier alpha value is -2.82. The number of likely N-dealkylation sites (N-methyl/N-ethyl adjacent to an activating group) is 1. The van der Waals surface area contributed by atoms with Gasteiger partial charge in [0.2, 0.25) is 5.91 Å². The van der Waals surface area contributed by atoms with Gasteiger partial charge in [-0.25, -0.2) is 0 Å². The maximum atomic E-state index is 13.2. The van der Waals surface area contributed by atoms with E-state index in [4.69, 9.17) is 0 Å². The van der Waals surface area contributed by atoms with Crippen molar-refractivity contribution in [2.75, 3.05) is 11.9 Å². The van der Waals surface area contributed by atoms with Crippen molar-refractivity contribution in [1.29, 1.82) is 0 Å². The summed E-state index contributed by atoms with van der Waals surface area (Å²) in [7, 11) is 1.67. The van der Waals surface area contributed by atoms with Gasteiger partial charge in [-0.15, -0.1) is 0 Å². The highest BCUT2D eigenvalue weighted by Crippen LogP contribution is 2.36. The van der Waals surface area contributed by atoms with E-state index in [9.17, 15) is 14.7 Å². The van der Waals surface area contributed by atoms with Gasteiger partial charge in [-0.2, -0.15) is 0 Å². The summed E-state index contributed by atoms with van der Waals surface area (Å²) in [5.74, 6) is -0.149. The molecule has 0 aromatic heterocycles. The summed E-state index contributed by atoms with van der Waals surface area (Å²) < 4.78 is 0. The van der Waals surface area contributed by atoms with Gasteiger partial charge in [0.15, 0.2) is 0 Å². The fourth-order valence-corrected chi connectivity index (χ4v) is 3.81. The smallest absolute Gasteiger partial charge is 0.256 e. The first-order chi connectivity index (χ1) is 12.0. The van der Waals surface area contributed by atoms with Crippen molar-refractivity contribution in [3.63, 3.8) is 0 Å². The number of hydrogen-bond donors (Lipinski definition) is 1. The number of rotatable bonds is 1. The van der Waals surface area contributed by atoms with Crippen LogP contribution in [0.2, 0.25) is 0 Å². The van der Waals surface area contributed by atoms with Gasteiger partial charge < -0.3 is 14.9 Å². The van der Waals surface area contributed by atoms with Crippen LogP contribution in [-0.2, 0) is 24.2 Å². The standard InChI is InChI=1S/C20H20N2O3/c1-3-12-8-15-16(10-18(12)23)21(2)20(25)17-9-13-6-4-5-7-14(13)11-22(17)19(15)24/h4-8,10,17,23H,3,9,11H2,1-2H3. The Balaban J connectivity index is 1.87. The molecule has 1 N–H and O–H groups in total. The molecule has 1 unspecified atom stereocenters. The topological polar surface area (TPSA) is 60.9 Å². The van der Waals surface area contributed by atoms with Crippen LogP contribution in [0.4, 0.5) is 5.69 Å². The number of phenols is 1. The minimum absolute atomic E-state index is 0.120. The van der Waals surface area contributed by atoms with Gasteiger partial charge >= 0.3 is 0 Å². The summed E-state index contributed by atoms with van der Waals surface area (Å²) in [6.45, 7) is 2.36. The minimum Gasteiger partial charge on any atom is -0.508 e. The lowest BCUT2D eigenvalue weighted by molar-refractivity contribution is -0.123. The van der Waals surface area contributed by atoms with Gasteiger partial charge in [0.05, 0.1) is 11.3 Å². The van der Waals surface area contributed by atoms with E-state index in [1.165, 1.54) is 11.0 Å². The zero-order valence-corrected chi connectivity index (χ0v) is 14.3. The van der Waals surface area contributed by atoms with E-state index in [0.717, 1.165) is 11.1 Å². The Morgan fingerprint density at radius 3 is 2.60 bits per heavy atom. The molecule has 1 atom stereocenters. The van der Waals surface area contributed by atoms with Crippen LogP contribution in [0.25, 0.3) is 0 Å². The molecule has 0 saturated heterocycles. The van der Waals surface area contributed by atoms with Crippen LogP contribution < -0.4 is 4.90 Å². The largest absolute Gasteiger partial charge is 0.508 e. The highest BCUT2D eigenvalue weighted by atomic mass is 16.3. The second-order valence-corrected chi connectivity index (χ2v) is 6.67. The number of hydrogen-bond acceptors (Lipinski definition) is 3. The van der Waals surface area contributed by atoms with Crippen molar-refractivity contribution in [2.24, 2.45) is 0 Å². The lowest BCUT2D eigenvalue weighted by atomic mass is 9.93. The molecular weight excluding hydrogens is 316 g/mol. The molecule has 2 aliphatic rings. The average Bonchev–Trinajstić information content (AvgIpc) is 2.70. The molecule has 5 nitrogen and oxygen atoms in total. The van der Waals surface area contributed by atoms with Crippen LogP contribution in [0, 0.1) is 0 Å². The molecule has 2 aromatic carbocycles. The molecule has 2 heterocycles. The van der Waals surface area contributed by atoms with E-state index in [-0.39, 0.29) is 17.6 Å². The van der Waals surface area contributed by atoms with E-state index in [1.54, 1.807) is 18.0 Å². The Labute approximate surface area is 146 Å². The summed E-state index contributed by atoms with van der Waals surface area (Å²) in [6.07, 6.45) is 1.14. The van der Waals surface area contributed by atoms with Crippen molar-refractivity contribution in [3.8, 4) is 5.75 Å². The van der Waals surface area contributed by atoms with Crippen molar-refractivity contribution in [1.82, 2.24) is 4.90 Å². The zero-order valence-electron chi connectivity index (χ0n) is 14.3. The van der Waals surface area contributed by atoms with E-state index >= 15 is 0 Å². The molecule has 25 heavy (non-hydrogen) atoms. The minimum atomic E-state index is -0.507. The van der Waals surface area contributed by atoms with Crippen LogP contribution in [0.3, 0.4) is 0 Å². The van der Waals surface area contributed by atoms with E-state index in [1.807, 2.05) is 31.2 Å². The number of aromatic hydroxyl groups is 1. The van der Waals surface area contributed by atoms with Gasteiger partial charge in [-0.1, -0.05) is 31.2 Å². The predicted molar refractivity (Wildman–Crippen MR) is 94.7 cm³/mol. The molecule has 2 aliphatic heterocycles. The number of carbonyl (C=O) groups is 2. The Kier molecular flexibility index (Phi) is 3.53. The van der Waals surface area contributed by atoms with Crippen LogP contribution >= 0.6 is 0 Å². The van der Waals surface area contributed by atoms with Crippen LogP contribution in [0.1, 0.15) is 34.0 Å². The Morgan fingerprint density at radius 2 is 1.88 bits per heavy atom. The van der Waals surface area contributed by atoms with Crippen molar-refractivity contribution in [2.45, 2.75) is 32.4 Å². The fraction of sp³-hybridized carbons (Fsp3) is 0.300. The maximum absolute atomic E-state index is 13.2. The van der Waals surface area contributed by atoms with E-state index < -0.39 is 6.04 Å². The molecule has 5 heteroatoms. The average molecular weight is 336 g/mol. The second-order valence-electron chi connectivity index (χ2n) is 6.67. The van der Waals surface area contributed by atoms with Crippen LogP contribution in [0.5, 0.6) is 5.75 Å². The first-order valence-electron chi connectivity index (χ1n) is 8.52. The summed E-state index contributed by atoms with van der Waals surface area (Å²) in [5, 5.41) is 10.2. The molecule has 128 valence electrons. The third-order valence-corrected chi connectivity index (χ3v) is 5.29. The fourth-order valence-electron chi connectivity index (χ4n) is 3.81. The molecule has 2 amide bonds. The monoisotopic (exact) mass is 336 g/mol. The summed E-state index contributed by atoms with van der Waals surface area (Å²) in [5.41, 5.74) is 3.86. The number of aryl methyl sites for hydroxylation is 1. The van der Waals surface area contributed by atoms with Gasteiger partial charge in [0.25, 0.3) is 5.91 Å². The number of phenolic OH excluding ortho intramolecular Hbond substituents is 1. The van der Waals surface area contributed by atoms with Crippen LogP contribution in [0.15, 0.2) is 36.4 Å². The van der Waals surface area contributed by atoms with Crippen LogP contribution in [-0.4, -0.2) is 34.9 Å². The first-order valence-corrected chi connectivity index (χ1v) is 8.52. The van der Waals surface area contributed by atoms with Gasteiger partial charge in [-0.05, 0) is 29.2 Å². The normalized spacial score (nSPS) is 19.2. The van der Waals surface area contributed by atoms with Crippen molar-refractivity contribution >= 4 is 17.5 Å². The molecule has 0 radical (unpaired) electrons. The number of anilines is 1. The number of benzene rings is 2. The van der Waals surface area contributed by atoms with Gasteiger partial charge in [-0.3, -0.25) is 9.59 Å². The highest BCUT2D eigenvalue weighted by molar-refractivity contribution is 6.11. The number of carbonyl (C=O) groups excluding carboxylic acids is 2. The Morgan fingerprint density at radius 1 is 1.16 bits per heavy atom. The third-order valence-electron chi connectivity index (χ3n) is 5.29. The molecule has 0 aliphatic carbocycles. The summed E-state index contributed by atoms with van der Waals surface area (Å²) >= 11 is 0. The number of fused-ring (bicyclic) bond motifs is 3. The quantitative estimate of drug-likeness (QED) is 0.870. The van der Waals surface area contributed by atoms with Crippen molar-refractivity contribution < 1.29 is 14.7 Å². The molecule has 0 fully saturated rings. The summed E-state index contributed by atoms with van der Waals surface area (Å²) in [6, 6.07) is 10.7. The lowest BCUT2D eigenvalue weighted by Crippen LogP contribution is -2.50. The zero-order chi connectivity index (χ0) is 17.7. The van der Waals surface area contributed by atoms with Gasteiger partial charge in [0.1, 0.15) is 11.8 Å². The number of nitrogens with zero attached hydrogens (tertiary/aromatic N) is 2. The second kappa shape index (κ2) is 5.62. The molecule has 4 rings (SSSR count). The van der Waals surface area contributed by atoms with Crippen molar-refractivity contribution in [3.05, 3.63) is 58.7 Å². The maximum Gasteiger partial charge on any atom is 0.256 e. The molecule has 0 saturated carbocycles. The predicted octanol–water partition coefficient (Wildman–Crippen LogP) is 2.50. The third kappa shape index (κ3) is 2.30. The lowest BCUT2D eigenvalue weighted by Gasteiger charge is -2.35. The highest BCUT2D eigenvalue weighted by Gasteiger charge is 2.41. The Bertz CT molecular complexity index is 891. The molecule has 0 spiro atoms. The van der Waals surface area contributed by atoms with E-state index in [0.29, 0.717) is 36.2 Å². The van der Waals surface area contributed by atoms with E-state index in [2.05, 4.69) is 0 Å².